The molecule has 4 aromatic rings. The van der Waals surface area contributed by atoms with Crippen LogP contribution in [0.1, 0.15) is 49.6 Å². The van der Waals surface area contributed by atoms with Crippen molar-refractivity contribution in [2.75, 3.05) is 6.61 Å². The Balaban J connectivity index is 1.43. The molecule has 11 heteroatoms. The van der Waals surface area contributed by atoms with Gasteiger partial charge in [-0.1, -0.05) is 19.9 Å². The van der Waals surface area contributed by atoms with Gasteiger partial charge in [-0.15, -0.1) is 5.10 Å². The lowest BCUT2D eigenvalue weighted by Gasteiger charge is -2.37. The Labute approximate surface area is 211 Å². The fraction of sp³-hybridized carbons (Fsp3) is 0.385. The van der Waals surface area contributed by atoms with Crippen molar-refractivity contribution in [3.05, 3.63) is 71.4 Å². The molecular weight excluding hydrogens is 480 g/mol. The summed E-state index contributed by atoms with van der Waals surface area (Å²) < 4.78 is 29.0. The molecule has 0 amide bonds. The molecule has 0 unspecified atom stereocenters. The van der Waals surface area contributed by atoms with Crippen LogP contribution in [0.4, 0.5) is 8.78 Å². The molecule has 1 aromatic carbocycles. The summed E-state index contributed by atoms with van der Waals surface area (Å²) in [5.74, 6) is -1.24. The van der Waals surface area contributed by atoms with Gasteiger partial charge in [0.25, 0.3) is 0 Å². The van der Waals surface area contributed by atoms with Crippen LogP contribution >= 0.6 is 0 Å². The molecule has 2 N–H and O–H groups in total. The first kappa shape index (κ1) is 23.7. The smallest absolute Gasteiger partial charge is 0.135 e. The standard InChI is InChI=1S/C26H25F2N7O2/c1-25(2)16-6-7-26(25,24-15(16)8-19(32-33-24)23-17(27)4-3-5-18(23)28)22-11-29-9-20(31-22)21-10-30-35(34-21)12-14(37)13-36/h3-5,8-11,14,16,36-37H,6-7,12-13H2,1-2H3/t14-,16+,26+/m1/s1. The lowest BCUT2D eigenvalue weighted by molar-refractivity contribution is 0.0747. The SMILES string of the molecule is CC1(C)[C@H]2CC[C@]1(c1cncc(-c3cnn(C[C@@H](O)CO)n3)n1)c1nnc(-c3c(F)cccc3F)cc12. The topological polar surface area (TPSA) is 123 Å². The van der Waals surface area contributed by atoms with Gasteiger partial charge in [-0.2, -0.15) is 20.1 Å². The minimum Gasteiger partial charge on any atom is -0.394 e. The maximum Gasteiger partial charge on any atom is 0.135 e. The average molecular weight is 506 g/mol. The van der Waals surface area contributed by atoms with Gasteiger partial charge in [0.15, 0.2) is 0 Å². The van der Waals surface area contributed by atoms with Crippen molar-refractivity contribution >= 4 is 0 Å². The first-order chi connectivity index (χ1) is 17.8. The van der Waals surface area contributed by atoms with E-state index in [-0.39, 0.29) is 29.1 Å². The number of aliphatic hydroxyl groups excluding tert-OH is 2. The van der Waals surface area contributed by atoms with E-state index in [2.05, 4.69) is 39.2 Å². The summed E-state index contributed by atoms with van der Waals surface area (Å²) in [6, 6.07) is 5.53. The molecule has 2 aliphatic carbocycles. The Morgan fingerprint density at radius 2 is 1.86 bits per heavy atom. The van der Waals surface area contributed by atoms with E-state index in [1.54, 1.807) is 18.5 Å². The Morgan fingerprint density at radius 1 is 1.08 bits per heavy atom. The largest absolute Gasteiger partial charge is 0.394 e. The number of hydrogen-bond acceptors (Lipinski definition) is 8. The minimum atomic E-state index is -0.968. The maximum absolute atomic E-state index is 14.5. The zero-order valence-electron chi connectivity index (χ0n) is 20.3. The highest BCUT2D eigenvalue weighted by atomic mass is 19.1. The first-order valence-corrected chi connectivity index (χ1v) is 12.1. The van der Waals surface area contributed by atoms with E-state index in [0.717, 1.165) is 29.8 Å². The van der Waals surface area contributed by atoms with E-state index in [4.69, 9.17) is 10.1 Å². The van der Waals surface area contributed by atoms with E-state index < -0.39 is 29.8 Å². The maximum atomic E-state index is 14.5. The number of fused-ring (bicyclic) bond motifs is 5. The number of aromatic nitrogens is 7. The fourth-order valence-corrected chi connectivity index (χ4v) is 6.20. The Hall–Kier alpha value is -3.70. The van der Waals surface area contributed by atoms with Crippen LogP contribution in [0.2, 0.25) is 0 Å². The van der Waals surface area contributed by atoms with Gasteiger partial charge in [-0.3, -0.25) is 4.98 Å². The molecule has 37 heavy (non-hydrogen) atoms. The second-order valence-electron chi connectivity index (χ2n) is 10.3. The third kappa shape index (κ3) is 3.41. The molecule has 3 atom stereocenters. The zero-order chi connectivity index (χ0) is 25.9. The van der Waals surface area contributed by atoms with Crippen LogP contribution in [0, 0.1) is 17.0 Å². The minimum absolute atomic E-state index is 0.0518. The molecule has 6 rings (SSSR count). The second kappa shape index (κ2) is 8.42. The van der Waals surface area contributed by atoms with Crippen molar-refractivity contribution in [3.8, 4) is 22.6 Å². The lowest BCUT2D eigenvalue weighted by atomic mass is 9.66. The van der Waals surface area contributed by atoms with Gasteiger partial charge >= 0.3 is 0 Å². The molecule has 1 fully saturated rings. The number of halogens is 2. The molecule has 0 aliphatic heterocycles. The molecule has 190 valence electrons. The molecule has 1 saturated carbocycles. The average Bonchev–Trinajstić information content (AvgIpc) is 3.51. The highest BCUT2D eigenvalue weighted by Gasteiger charge is 2.65. The quantitative estimate of drug-likeness (QED) is 0.410. The van der Waals surface area contributed by atoms with Crippen LogP contribution in [0.5, 0.6) is 0 Å². The van der Waals surface area contributed by atoms with Gasteiger partial charge in [-0.05, 0) is 47.9 Å². The van der Waals surface area contributed by atoms with Crippen molar-refractivity contribution in [2.24, 2.45) is 5.41 Å². The summed E-state index contributed by atoms with van der Waals surface area (Å²) in [6.45, 7) is 3.99. The van der Waals surface area contributed by atoms with Gasteiger partial charge in [0.2, 0.25) is 0 Å². The molecular formula is C26H25F2N7O2. The zero-order valence-corrected chi connectivity index (χ0v) is 20.3. The highest BCUT2D eigenvalue weighted by molar-refractivity contribution is 5.64. The van der Waals surface area contributed by atoms with Crippen LogP contribution in [0.3, 0.4) is 0 Å². The van der Waals surface area contributed by atoms with Crippen LogP contribution in [-0.2, 0) is 12.0 Å². The van der Waals surface area contributed by atoms with Crippen molar-refractivity contribution < 1.29 is 19.0 Å². The highest BCUT2D eigenvalue weighted by Crippen LogP contribution is 2.69. The lowest BCUT2D eigenvalue weighted by Crippen LogP contribution is -2.38. The van der Waals surface area contributed by atoms with E-state index >= 15 is 0 Å². The van der Waals surface area contributed by atoms with Crippen molar-refractivity contribution in [3.63, 3.8) is 0 Å². The van der Waals surface area contributed by atoms with E-state index in [1.165, 1.54) is 29.2 Å². The second-order valence-corrected chi connectivity index (χ2v) is 10.3. The molecule has 3 aromatic heterocycles. The predicted molar refractivity (Wildman–Crippen MR) is 128 cm³/mol. The van der Waals surface area contributed by atoms with Gasteiger partial charge in [0.05, 0.1) is 59.7 Å². The van der Waals surface area contributed by atoms with Gasteiger partial charge in [0, 0.05) is 6.20 Å². The summed E-state index contributed by atoms with van der Waals surface area (Å²) >= 11 is 0. The number of aliphatic hydroxyl groups is 2. The summed E-state index contributed by atoms with van der Waals surface area (Å²) in [5.41, 5.74) is 2.53. The first-order valence-electron chi connectivity index (χ1n) is 12.1. The van der Waals surface area contributed by atoms with Crippen molar-refractivity contribution in [2.45, 2.75) is 50.7 Å². The number of rotatable bonds is 6. The number of benzene rings is 1. The molecule has 2 bridgehead atoms. The van der Waals surface area contributed by atoms with Crippen molar-refractivity contribution in [1.82, 2.24) is 35.2 Å². The van der Waals surface area contributed by atoms with Gasteiger partial charge in [0.1, 0.15) is 23.0 Å². The van der Waals surface area contributed by atoms with Crippen LogP contribution in [-0.4, -0.2) is 58.1 Å². The third-order valence-corrected chi connectivity index (χ3v) is 8.06. The summed E-state index contributed by atoms with van der Waals surface area (Å²) in [5, 5.41) is 36.1. The molecule has 0 spiro atoms. The Morgan fingerprint density at radius 3 is 2.62 bits per heavy atom. The fourth-order valence-electron chi connectivity index (χ4n) is 6.20. The van der Waals surface area contributed by atoms with E-state index in [9.17, 15) is 13.9 Å². The number of nitrogens with zero attached hydrogens (tertiary/aromatic N) is 7. The molecule has 2 aliphatic rings. The summed E-state index contributed by atoms with van der Waals surface area (Å²) in [4.78, 5) is 10.7. The van der Waals surface area contributed by atoms with Crippen LogP contribution < -0.4 is 0 Å². The third-order valence-electron chi connectivity index (χ3n) is 8.06. The van der Waals surface area contributed by atoms with Gasteiger partial charge < -0.3 is 10.2 Å². The Kier molecular flexibility index (Phi) is 5.39. The molecule has 0 radical (unpaired) electrons. The van der Waals surface area contributed by atoms with Crippen LogP contribution in [0.25, 0.3) is 22.6 Å². The predicted octanol–water partition coefficient (Wildman–Crippen LogP) is 3.03. The Bertz CT molecular complexity index is 1490. The monoisotopic (exact) mass is 505 g/mol. The van der Waals surface area contributed by atoms with E-state index in [1.807, 2.05) is 0 Å². The number of hydrogen-bond donors (Lipinski definition) is 2. The van der Waals surface area contributed by atoms with Crippen LogP contribution in [0.15, 0.2) is 42.9 Å². The molecule has 9 nitrogen and oxygen atoms in total. The summed E-state index contributed by atoms with van der Waals surface area (Å²) in [7, 11) is 0. The van der Waals surface area contributed by atoms with Crippen molar-refractivity contribution in [1.29, 1.82) is 0 Å². The summed E-state index contributed by atoms with van der Waals surface area (Å²) in [6.07, 6.45) is 5.55. The van der Waals surface area contributed by atoms with E-state index in [0.29, 0.717) is 11.4 Å². The normalized spacial score (nSPS) is 22.3. The molecule has 3 heterocycles. The van der Waals surface area contributed by atoms with Gasteiger partial charge in [-0.25, -0.2) is 13.8 Å². The molecule has 0 saturated heterocycles.